The Morgan fingerprint density at radius 2 is 2.10 bits per heavy atom. The molecular weight excluding hydrogens is 120 g/mol. The van der Waals surface area contributed by atoms with Gasteiger partial charge in [-0.25, -0.2) is 0 Å². The zero-order valence-electron chi connectivity index (χ0n) is 6.14. The summed E-state index contributed by atoms with van der Waals surface area (Å²) in [5.74, 6) is 0. The fourth-order valence-corrected chi connectivity index (χ4v) is 1.54. The molecule has 0 saturated heterocycles. The minimum absolute atomic E-state index is 1.27. The molecule has 0 aromatic heterocycles. The lowest BCUT2D eigenvalue weighted by Crippen LogP contribution is -1.81. The molecule has 0 saturated carbocycles. The first-order chi connectivity index (χ1) is 4.95. The van der Waals surface area contributed by atoms with Crippen molar-refractivity contribution < 1.29 is 0 Å². The molecule has 0 aromatic carbocycles. The maximum Gasteiger partial charge on any atom is -0.0279 e. The van der Waals surface area contributed by atoms with Crippen LogP contribution in [0.25, 0.3) is 0 Å². The molecule has 0 unspecified atom stereocenters. The zero-order valence-corrected chi connectivity index (χ0v) is 6.14. The van der Waals surface area contributed by atoms with Crippen molar-refractivity contribution in [2.24, 2.45) is 0 Å². The molecule has 0 fully saturated rings. The molecule has 0 N–H and O–H groups in total. The topological polar surface area (TPSA) is 0 Å². The van der Waals surface area contributed by atoms with E-state index in [0.29, 0.717) is 0 Å². The molecular formula is C10H12. The fourth-order valence-electron chi connectivity index (χ4n) is 1.54. The van der Waals surface area contributed by atoms with E-state index in [1.807, 2.05) is 0 Å². The Morgan fingerprint density at radius 3 is 3.10 bits per heavy atom. The van der Waals surface area contributed by atoms with Crippen LogP contribution in [0, 0.1) is 0 Å². The van der Waals surface area contributed by atoms with Crippen LogP contribution in [0.4, 0.5) is 0 Å². The molecule has 0 atom stereocenters. The summed E-state index contributed by atoms with van der Waals surface area (Å²) in [4.78, 5) is 0. The Morgan fingerprint density at radius 1 is 1.10 bits per heavy atom. The van der Waals surface area contributed by atoms with Crippen LogP contribution in [0.15, 0.2) is 35.5 Å². The molecule has 10 heavy (non-hydrogen) atoms. The highest BCUT2D eigenvalue weighted by atomic mass is 14.1. The van der Waals surface area contributed by atoms with Gasteiger partial charge < -0.3 is 0 Å². The van der Waals surface area contributed by atoms with Crippen LogP contribution in [0.3, 0.4) is 0 Å². The smallest absolute Gasteiger partial charge is 0.0279 e. The van der Waals surface area contributed by atoms with Gasteiger partial charge in [0.25, 0.3) is 0 Å². The molecule has 2 bridgehead atoms. The molecule has 0 radical (unpaired) electrons. The summed E-state index contributed by atoms with van der Waals surface area (Å²) in [6, 6.07) is 0. The summed E-state index contributed by atoms with van der Waals surface area (Å²) in [6.45, 7) is 0. The van der Waals surface area contributed by atoms with Gasteiger partial charge in [0.2, 0.25) is 0 Å². The van der Waals surface area contributed by atoms with Crippen LogP contribution in [0.2, 0.25) is 0 Å². The molecule has 0 aliphatic heterocycles. The molecule has 0 aromatic rings. The molecule has 0 nitrogen and oxygen atoms in total. The molecule has 52 valence electrons. The van der Waals surface area contributed by atoms with E-state index in [4.69, 9.17) is 0 Å². The second-order valence-corrected chi connectivity index (χ2v) is 3.00. The lowest BCUT2D eigenvalue weighted by Gasteiger charge is -2.00. The number of hydrogen-bond donors (Lipinski definition) is 0. The summed E-state index contributed by atoms with van der Waals surface area (Å²) in [7, 11) is 0. The summed E-state index contributed by atoms with van der Waals surface area (Å²) >= 11 is 0. The van der Waals surface area contributed by atoms with Gasteiger partial charge >= 0.3 is 0 Å². The van der Waals surface area contributed by atoms with Crippen LogP contribution in [0.5, 0.6) is 0 Å². The lowest BCUT2D eigenvalue weighted by atomic mass is 10.1. The monoisotopic (exact) mass is 132 g/mol. The average Bonchev–Trinajstić information content (AvgIpc) is 2.30. The van der Waals surface area contributed by atoms with Crippen LogP contribution in [-0.4, -0.2) is 0 Å². The number of allylic oxidation sites excluding steroid dienone is 6. The number of rotatable bonds is 0. The normalized spacial score (nSPS) is 23.2. The fraction of sp³-hybridized carbons (Fsp3) is 0.400. The quantitative estimate of drug-likeness (QED) is 0.475. The van der Waals surface area contributed by atoms with E-state index >= 15 is 0 Å². The maximum atomic E-state index is 2.34. The molecule has 0 spiro atoms. The minimum Gasteiger partial charge on any atom is -0.0773 e. The Bertz CT molecular complexity index is 216. The SMILES string of the molecule is C1=CC2=CC1=CCCCC2. The zero-order chi connectivity index (χ0) is 6.81. The molecule has 0 heteroatoms. The van der Waals surface area contributed by atoms with Crippen molar-refractivity contribution >= 4 is 0 Å². The molecule has 2 rings (SSSR count). The third-order valence-corrected chi connectivity index (χ3v) is 2.14. The summed E-state index contributed by atoms with van der Waals surface area (Å²) in [5.41, 5.74) is 2.95. The van der Waals surface area contributed by atoms with E-state index in [0.717, 1.165) is 0 Å². The highest BCUT2D eigenvalue weighted by molar-refractivity contribution is 5.46. The Hall–Kier alpha value is -0.780. The first kappa shape index (κ1) is 5.96. The van der Waals surface area contributed by atoms with Gasteiger partial charge in [-0.05, 0) is 36.8 Å². The minimum atomic E-state index is 1.27. The van der Waals surface area contributed by atoms with E-state index in [9.17, 15) is 0 Å². The Kier molecular flexibility index (Phi) is 1.46. The lowest BCUT2D eigenvalue weighted by molar-refractivity contribution is 0.746. The maximum absolute atomic E-state index is 2.34. The van der Waals surface area contributed by atoms with Crippen molar-refractivity contribution in [3.63, 3.8) is 0 Å². The molecule has 0 amide bonds. The largest absolute Gasteiger partial charge is 0.0773 e. The third kappa shape index (κ3) is 1.06. The van der Waals surface area contributed by atoms with Gasteiger partial charge in [-0.2, -0.15) is 0 Å². The average molecular weight is 132 g/mol. The molecule has 0 heterocycles. The molecule has 2 aliphatic rings. The first-order valence-corrected chi connectivity index (χ1v) is 4.04. The Balaban J connectivity index is 2.27. The van der Waals surface area contributed by atoms with Gasteiger partial charge in [0.05, 0.1) is 0 Å². The highest BCUT2D eigenvalue weighted by Gasteiger charge is 2.03. The van der Waals surface area contributed by atoms with Crippen LogP contribution in [0.1, 0.15) is 25.7 Å². The van der Waals surface area contributed by atoms with E-state index in [-0.39, 0.29) is 0 Å². The van der Waals surface area contributed by atoms with Gasteiger partial charge in [-0.3, -0.25) is 0 Å². The van der Waals surface area contributed by atoms with E-state index in [1.165, 1.54) is 36.8 Å². The summed E-state index contributed by atoms with van der Waals surface area (Å²) in [5, 5.41) is 0. The van der Waals surface area contributed by atoms with Crippen molar-refractivity contribution in [3.8, 4) is 0 Å². The first-order valence-electron chi connectivity index (χ1n) is 4.04. The van der Waals surface area contributed by atoms with Crippen molar-refractivity contribution in [2.75, 3.05) is 0 Å². The number of fused-ring (bicyclic) bond motifs is 1. The summed E-state index contributed by atoms with van der Waals surface area (Å²) in [6.07, 6.45) is 14.4. The third-order valence-electron chi connectivity index (χ3n) is 2.14. The van der Waals surface area contributed by atoms with Gasteiger partial charge in [0.15, 0.2) is 0 Å². The van der Waals surface area contributed by atoms with Crippen LogP contribution >= 0.6 is 0 Å². The summed E-state index contributed by atoms with van der Waals surface area (Å²) < 4.78 is 0. The van der Waals surface area contributed by atoms with Gasteiger partial charge in [0.1, 0.15) is 0 Å². The van der Waals surface area contributed by atoms with Crippen molar-refractivity contribution in [1.29, 1.82) is 0 Å². The number of hydrogen-bond acceptors (Lipinski definition) is 0. The van der Waals surface area contributed by atoms with Gasteiger partial charge in [-0.15, -0.1) is 0 Å². The standard InChI is InChI=1S/C10H12/c1-2-4-9-6-7-10(8-9)5-3-1/h4,6-8H,1-3,5H2. The Labute approximate surface area is 61.9 Å². The highest BCUT2D eigenvalue weighted by Crippen LogP contribution is 2.23. The van der Waals surface area contributed by atoms with Crippen LogP contribution < -0.4 is 0 Å². The van der Waals surface area contributed by atoms with Crippen molar-refractivity contribution in [1.82, 2.24) is 0 Å². The van der Waals surface area contributed by atoms with Crippen LogP contribution in [-0.2, 0) is 0 Å². The predicted octanol–water partition coefficient (Wildman–Crippen LogP) is 2.98. The second-order valence-electron chi connectivity index (χ2n) is 3.00. The van der Waals surface area contributed by atoms with E-state index in [2.05, 4.69) is 24.3 Å². The molecule has 2 aliphatic carbocycles. The van der Waals surface area contributed by atoms with Crippen molar-refractivity contribution in [2.45, 2.75) is 25.7 Å². The van der Waals surface area contributed by atoms with Gasteiger partial charge in [0, 0.05) is 0 Å². The van der Waals surface area contributed by atoms with Crippen molar-refractivity contribution in [3.05, 3.63) is 35.5 Å². The predicted molar refractivity (Wildman–Crippen MR) is 43.8 cm³/mol. The second kappa shape index (κ2) is 2.45. The van der Waals surface area contributed by atoms with Gasteiger partial charge in [-0.1, -0.05) is 24.3 Å². The van der Waals surface area contributed by atoms with E-state index < -0.39 is 0 Å². The van der Waals surface area contributed by atoms with E-state index in [1.54, 1.807) is 0 Å².